The predicted octanol–water partition coefficient (Wildman–Crippen LogP) is 3.31. The lowest BCUT2D eigenvalue weighted by molar-refractivity contribution is 0.176. The van der Waals surface area contributed by atoms with E-state index in [1.54, 1.807) is 22.9 Å². The van der Waals surface area contributed by atoms with Crippen LogP contribution in [0.15, 0.2) is 24.3 Å². The summed E-state index contributed by atoms with van der Waals surface area (Å²) in [5.41, 5.74) is 2.52. The molecular weight excluding hydrogens is 271 g/mol. The minimum absolute atomic E-state index is 0.408. The molecule has 1 N–H and O–H groups in total. The van der Waals surface area contributed by atoms with Crippen molar-refractivity contribution >= 4 is 23.2 Å². The highest BCUT2D eigenvalue weighted by atomic mass is 35.5. The van der Waals surface area contributed by atoms with Crippen molar-refractivity contribution in [3.8, 4) is 0 Å². The summed E-state index contributed by atoms with van der Waals surface area (Å²) in [6.45, 7) is 1.92. The minimum Gasteiger partial charge on any atom is -0.388 e. The SMILES string of the molecule is Cc1cc(CC(O)c2cccc(Cl)c2Cl)n(C)n1. The lowest BCUT2D eigenvalue weighted by Gasteiger charge is -2.13. The number of benzene rings is 1. The van der Waals surface area contributed by atoms with Gasteiger partial charge in [0.2, 0.25) is 0 Å². The molecule has 2 aromatic rings. The number of rotatable bonds is 3. The lowest BCUT2D eigenvalue weighted by Crippen LogP contribution is -2.07. The topological polar surface area (TPSA) is 38.0 Å². The summed E-state index contributed by atoms with van der Waals surface area (Å²) < 4.78 is 1.76. The van der Waals surface area contributed by atoms with Crippen molar-refractivity contribution in [2.24, 2.45) is 7.05 Å². The maximum absolute atomic E-state index is 10.2. The Bertz CT molecular complexity index is 566. The summed E-state index contributed by atoms with van der Waals surface area (Å²) in [5.74, 6) is 0. The highest BCUT2D eigenvalue weighted by Crippen LogP contribution is 2.31. The van der Waals surface area contributed by atoms with Crippen LogP contribution >= 0.6 is 23.2 Å². The first-order chi connectivity index (χ1) is 8.49. The van der Waals surface area contributed by atoms with Gasteiger partial charge in [-0.25, -0.2) is 0 Å². The second kappa shape index (κ2) is 5.31. The summed E-state index contributed by atoms with van der Waals surface area (Å²) in [6, 6.07) is 7.21. The molecule has 0 aliphatic heterocycles. The van der Waals surface area contributed by atoms with Gasteiger partial charge >= 0.3 is 0 Å². The Balaban J connectivity index is 2.24. The van der Waals surface area contributed by atoms with E-state index in [0.29, 0.717) is 22.0 Å². The van der Waals surface area contributed by atoms with E-state index in [2.05, 4.69) is 5.10 Å². The van der Waals surface area contributed by atoms with Gasteiger partial charge in [0.05, 0.1) is 21.8 Å². The normalized spacial score (nSPS) is 12.7. The van der Waals surface area contributed by atoms with Crippen LogP contribution in [0.2, 0.25) is 10.0 Å². The Morgan fingerprint density at radius 2 is 2.11 bits per heavy atom. The summed E-state index contributed by atoms with van der Waals surface area (Å²) >= 11 is 12.0. The van der Waals surface area contributed by atoms with Gasteiger partial charge in [0, 0.05) is 24.7 Å². The summed E-state index contributed by atoms with van der Waals surface area (Å²) in [5, 5.41) is 15.3. The van der Waals surface area contributed by atoms with Crippen molar-refractivity contribution in [2.75, 3.05) is 0 Å². The van der Waals surface area contributed by atoms with Crippen LogP contribution in [0.3, 0.4) is 0 Å². The largest absolute Gasteiger partial charge is 0.388 e. The van der Waals surface area contributed by atoms with Crippen LogP contribution in [-0.2, 0) is 13.5 Å². The molecule has 18 heavy (non-hydrogen) atoms. The van der Waals surface area contributed by atoms with Gasteiger partial charge in [-0.2, -0.15) is 5.10 Å². The molecule has 0 aliphatic carbocycles. The Kier molecular flexibility index (Phi) is 3.95. The zero-order chi connectivity index (χ0) is 13.3. The highest BCUT2D eigenvalue weighted by molar-refractivity contribution is 6.42. The number of nitrogens with zero attached hydrogens (tertiary/aromatic N) is 2. The van der Waals surface area contributed by atoms with Crippen LogP contribution in [0, 0.1) is 6.92 Å². The molecule has 1 aromatic carbocycles. The van der Waals surface area contributed by atoms with Gasteiger partial charge in [-0.05, 0) is 19.1 Å². The molecular formula is C13H14Cl2N2O. The standard InChI is InChI=1S/C13H14Cl2N2O/c1-8-6-9(17(2)16-8)7-12(18)10-4-3-5-11(14)13(10)15/h3-6,12,18H,7H2,1-2H3. The van der Waals surface area contributed by atoms with Crippen LogP contribution in [0.4, 0.5) is 0 Å². The van der Waals surface area contributed by atoms with E-state index in [-0.39, 0.29) is 0 Å². The second-order valence-corrected chi connectivity index (χ2v) is 5.05. The molecule has 1 heterocycles. The molecule has 96 valence electrons. The Morgan fingerprint density at radius 3 is 2.72 bits per heavy atom. The molecule has 0 amide bonds. The molecule has 0 saturated carbocycles. The summed E-state index contributed by atoms with van der Waals surface area (Å²) in [6.07, 6.45) is -0.233. The van der Waals surface area contributed by atoms with Gasteiger partial charge in [0.15, 0.2) is 0 Å². The first-order valence-corrected chi connectivity index (χ1v) is 6.36. The summed E-state index contributed by atoms with van der Waals surface area (Å²) in [4.78, 5) is 0. The van der Waals surface area contributed by atoms with Gasteiger partial charge in [0.25, 0.3) is 0 Å². The Hall–Kier alpha value is -1.03. The fourth-order valence-corrected chi connectivity index (χ4v) is 2.37. The van der Waals surface area contributed by atoms with E-state index in [1.807, 2.05) is 20.0 Å². The van der Waals surface area contributed by atoms with Crippen LogP contribution in [-0.4, -0.2) is 14.9 Å². The van der Waals surface area contributed by atoms with E-state index < -0.39 is 6.10 Å². The molecule has 1 aromatic heterocycles. The monoisotopic (exact) mass is 284 g/mol. The van der Waals surface area contributed by atoms with Gasteiger partial charge in [0.1, 0.15) is 0 Å². The molecule has 1 atom stereocenters. The van der Waals surface area contributed by atoms with Gasteiger partial charge < -0.3 is 5.11 Å². The maximum atomic E-state index is 10.2. The fourth-order valence-electron chi connectivity index (χ4n) is 1.94. The number of hydrogen-bond acceptors (Lipinski definition) is 2. The molecule has 0 fully saturated rings. The van der Waals surface area contributed by atoms with Gasteiger partial charge in [-0.3, -0.25) is 4.68 Å². The average molecular weight is 285 g/mol. The van der Waals surface area contributed by atoms with Gasteiger partial charge in [-0.1, -0.05) is 35.3 Å². The molecule has 0 saturated heterocycles. The second-order valence-electron chi connectivity index (χ2n) is 4.26. The third-order valence-electron chi connectivity index (χ3n) is 2.84. The first kappa shape index (κ1) is 13.4. The predicted molar refractivity (Wildman–Crippen MR) is 73.1 cm³/mol. The average Bonchev–Trinajstić information content (AvgIpc) is 2.61. The van der Waals surface area contributed by atoms with Crippen LogP contribution in [0.25, 0.3) is 0 Å². The highest BCUT2D eigenvalue weighted by Gasteiger charge is 2.16. The maximum Gasteiger partial charge on any atom is 0.0860 e. The zero-order valence-electron chi connectivity index (χ0n) is 10.2. The number of aliphatic hydroxyl groups excluding tert-OH is 1. The minimum atomic E-state index is -0.689. The number of aryl methyl sites for hydroxylation is 2. The van der Waals surface area contributed by atoms with E-state index >= 15 is 0 Å². The van der Waals surface area contributed by atoms with Crippen molar-refractivity contribution in [1.29, 1.82) is 0 Å². The van der Waals surface area contributed by atoms with Gasteiger partial charge in [-0.15, -0.1) is 0 Å². The fraction of sp³-hybridized carbons (Fsp3) is 0.308. The quantitative estimate of drug-likeness (QED) is 0.939. The Labute approximate surface area is 116 Å². The number of aromatic nitrogens is 2. The third kappa shape index (κ3) is 2.69. The number of aliphatic hydroxyl groups is 1. The van der Waals surface area contributed by atoms with E-state index in [9.17, 15) is 5.11 Å². The van der Waals surface area contributed by atoms with Crippen molar-refractivity contribution in [3.05, 3.63) is 51.3 Å². The molecule has 1 unspecified atom stereocenters. The van der Waals surface area contributed by atoms with Crippen LogP contribution in [0.5, 0.6) is 0 Å². The molecule has 0 aliphatic rings. The molecule has 0 spiro atoms. The molecule has 2 rings (SSSR count). The smallest absolute Gasteiger partial charge is 0.0860 e. The molecule has 5 heteroatoms. The van der Waals surface area contributed by atoms with Crippen LogP contribution in [0.1, 0.15) is 23.1 Å². The van der Waals surface area contributed by atoms with Crippen molar-refractivity contribution in [3.63, 3.8) is 0 Å². The molecule has 0 radical (unpaired) electrons. The van der Waals surface area contributed by atoms with Crippen molar-refractivity contribution in [1.82, 2.24) is 9.78 Å². The first-order valence-electron chi connectivity index (χ1n) is 5.60. The number of hydrogen-bond donors (Lipinski definition) is 1. The Morgan fingerprint density at radius 1 is 1.39 bits per heavy atom. The summed E-state index contributed by atoms with van der Waals surface area (Å²) in [7, 11) is 1.86. The number of halogens is 2. The van der Waals surface area contributed by atoms with Crippen molar-refractivity contribution in [2.45, 2.75) is 19.4 Å². The van der Waals surface area contributed by atoms with E-state index in [4.69, 9.17) is 23.2 Å². The van der Waals surface area contributed by atoms with E-state index in [1.165, 1.54) is 0 Å². The molecule has 3 nitrogen and oxygen atoms in total. The third-order valence-corrected chi connectivity index (χ3v) is 3.68. The lowest BCUT2D eigenvalue weighted by atomic mass is 10.0. The van der Waals surface area contributed by atoms with Crippen LogP contribution < -0.4 is 0 Å². The zero-order valence-corrected chi connectivity index (χ0v) is 11.7. The van der Waals surface area contributed by atoms with E-state index in [0.717, 1.165) is 11.4 Å². The molecule has 0 bridgehead atoms. The van der Waals surface area contributed by atoms with Crippen molar-refractivity contribution < 1.29 is 5.11 Å².